The summed E-state index contributed by atoms with van der Waals surface area (Å²) in [4.78, 5) is 0. The van der Waals surface area contributed by atoms with E-state index in [-0.39, 0.29) is 11.3 Å². The van der Waals surface area contributed by atoms with Crippen LogP contribution in [0, 0.1) is 0 Å². The van der Waals surface area contributed by atoms with Crippen LogP contribution in [0.2, 0.25) is 18.1 Å². The van der Waals surface area contributed by atoms with E-state index in [1.807, 2.05) is 0 Å². The Morgan fingerprint density at radius 1 is 1.33 bits per heavy atom. The molecule has 0 aromatic rings. The molecule has 0 rings (SSSR count). The first-order chi connectivity index (χ1) is 6.74. The average molecular weight is 230 g/mol. The summed E-state index contributed by atoms with van der Waals surface area (Å²) in [7, 11) is -1.72. The third-order valence-electron chi connectivity index (χ3n) is 3.00. The Bertz CT molecular complexity index is 194. The highest BCUT2D eigenvalue weighted by atomic mass is 28.4. The van der Waals surface area contributed by atoms with E-state index in [9.17, 15) is 0 Å². The number of rotatable bonds is 6. The summed E-state index contributed by atoms with van der Waals surface area (Å²) < 4.78 is 11.5. The van der Waals surface area contributed by atoms with Crippen molar-refractivity contribution in [3.8, 4) is 0 Å². The Kier molecular flexibility index (Phi) is 5.60. The molecule has 1 atom stereocenters. The van der Waals surface area contributed by atoms with Crippen molar-refractivity contribution in [1.29, 1.82) is 0 Å². The van der Waals surface area contributed by atoms with Gasteiger partial charge in [-0.1, -0.05) is 40.7 Å². The molecule has 0 aromatic carbocycles. The van der Waals surface area contributed by atoms with Gasteiger partial charge in [-0.25, -0.2) is 0 Å². The van der Waals surface area contributed by atoms with Crippen molar-refractivity contribution in [2.45, 2.75) is 65.0 Å². The number of hydrogen-bond acceptors (Lipinski definition) is 2. The molecule has 0 saturated carbocycles. The lowest BCUT2D eigenvalue weighted by Gasteiger charge is -2.38. The molecule has 3 heteroatoms. The van der Waals surface area contributed by atoms with Gasteiger partial charge in [0, 0.05) is 6.42 Å². The first-order valence-electron chi connectivity index (χ1n) is 5.68. The standard InChI is InChI=1S/C12H26O2Si/c1-8-10-11(13-9-2)14-15(6,7)12(3,4)5/h9,11H,2,8,10H2,1,3-7H3. The quantitative estimate of drug-likeness (QED) is 0.385. The van der Waals surface area contributed by atoms with Crippen LogP contribution in [0.15, 0.2) is 12.8 Å². The molecule has 0 fully saturated rings. The van der Waals surface area contributed by atoms with Crippen LogP contribution >= 0.6 is 0 Å². The molecular weight excluding hydrogens is 204 g/mol. The van der Waals surface area contributed by atoms with Gasteiger partial charge in [0.2, 0.25) is 0 Å². The van der Waals surface area contributed by atoms with Gasteiger partial charge in [0.15, 0.2) is 14.6 Å². The topological polar surface area (TPSA) is 18.5 Å². The van der Waals surface area contributed by atoms with Crippen molar-refractivity contribution >= 4 is 8.32 Å². The van der Waals surface area contributed by atoms with Crippen molar-refractivity contribution in [2.24, 2.45) is 0 Å². The van der Waals surface area contributed by atoms with E-state index < -0.39 is 8.32 Å². The lowest BCUT2D eigenvalue weighted by atomic mass is 10.2. The van der Waals surface area contributed by atoms with Gasteiger partial charge in [-0.3, -0.25) is 0 Å². The van der Waals surface area contributed by atoms with Gasteiger partial charge in [0.1, 0.15) is 0 Å². The molecule has 0 amide bonds. The fourth-order valence-corrected chi connectivity index (χ4v) is 2.19. The predicted octanol–water partition coefficient (Wildman–Crippen LogP) is 4.29. The minimum absolute atomic E-state index is 0.117. The van der Waals surface area contributed by atoms with Gasteiger partial charge in [-0.2, -0.15) is 0 Å². The Morgan fingerprint density at radius 3 is 2.20 bits per heavy atom. The molecular formula is C12H26O2Si. The van der Waals surface area contributed by atoms with Gasteiger partial charge in [0.05, 0.1) is 6.26 Å². The Hall–Kier alpha value is -0.283. The fraction of sp³-hybridized carbons (Fsp3) is 0.833. The summed E-state index contributed by atoms with van der Waals surface area (Å²) in [5, 5.41) is 0.226. The fourth-order valence-electron chi connectivity index (χ4n) is 1.00. The largest absolute Gasteiger partial charge is 0.474 e. The van der Waals surface area contributed by atoms with Gasteiger partial charge < -0.3 is 9.16 Å². The van der Waals surface area contributed by atoms with Crippen molar-refractivity contribution in [1.82, 2.24) is 0 Å². The summed E-state index contributed by atoms with van der Waals surface area (Å²) in [6.45, 7) is 16.9. The number of ether oxygens (including phenoxy) is 1. The van der Waals surface area contributed by atoms with Gasteiger partial charge in [-0.15, -0.1) is 0 Å². The maximum Gasteiger partial charge on any atom is 0.196 e. The molecule has 15 heavy (non-hydrogen) atoms. The highest BCUT2D eigenvalue weighted by molar-refractivity contribution is 6.74. The van der Waals surface area contributed by atoms with Crippen molar-refractivity contribution < 1.29 is 9.16 Å². The molecule has 0 radical (unpaired) electrons. The van der Waals surface area contributed by atoms with Crippen LogP contribution in [-0.4, -0.2) is 14.6 Å². The van der Waals surface area contributed by atoms with Crippen LogP contribution < -0.4 is 0 Å². The van der Waals surface area contributed by atoms with Crippen LogP contribution in [0.5, 0.6) is 0 Å². The molecule has 0 saturated heterocycles. The monoisotopic (exact) mass is 230 g/mol. The SMILES string of the molecule is C=COC(CCC)O[Si](C)(C)C(C)(C)C. The van der Waals surface area contributed by atoms with E-state index in [0.29, 0.717) is 0 Å². The Labute approximate surface area is 95.8 Å². The second-order valence-electron chi connectivity index (χ2n) is 5.40. The summed E-state index contributed by atoms with van der Waals surface area (Å²) in [6.07, 6.45) is 3.35. The lowest BCUT2D eigenvalue weighted by molar-refractivity contribution is -0.0448. The molecule has 90 valence electrons. The van der Waals surface area contributed by atoms with Crippen LogP contribution in [0.4, 0.5) is 0 Å². The molecule has 0 aliphatic heterocycles. The maximum atomic E-state index is 6.13. The Balaban J connectivity index is 4.43. The average Bonchev–Trinajstić information content (AvgIpc) is 2.02. The van der Waals surface area contributed by atoms with E-state index >= 15 is 0 Å². The third kappa shape index (κ3) is 4.84. The summed E-state index contributed by atoms with van der Waals surface area (Å²) in [6, 6.07) is 0. The van der Waals surface area contributed by atoms with Gasteiger partial charge in [0.25, 0.3) is 0 Å². The van der Waals surface area contributed by atoms with E-state index in [0.717, 1.165) is 12.8 Å². The molecule has 1 unspecified atom stereocenters. The van der Waals surface area contributed by atoms with Crippen molar-refractivity contribution in [3.63, 3.8) is 0 Å². The van der Waals surface area contributed by atoms with E-state index in [2.05, 4.69) is 47.4 Å². The third-order valence-corrected chi connectivity index (χ3v) is 7.47. The van der Waals surface area contributed by atoms with Crippen LogP contribution in [0.1, 0.15) is 40.5 Å². The van der Waals surface area contributed by atoms with Crippen molar-refractivity contribution in [2.75, 3.05) is 0 Å². The minimum Gasteiger partial charge on any atom is -0.474 e. The summed E-state index contributed by atoms with van der Waals surface area (Å²) in [5.41, 5.74) is 0. The molecule has 2 nitrogen and oxygen atoms in total. The highest BCUT2D eigenvalue weighted by Crippen LogP contribution is 2.37. The zero-order valence-corrected chi connectivity index (χ0v) is 12.1. The predicted molar refractivity (Wildman–Crippen MR) is 68.3 cm³/mol. The molecule has 0 aromatic heterocycles. The van der Waals surface area contributed by atoms with E-state index in [1.54, 1.807) is 0 Å². The van der Waals surface area contributed by atoms with Gasteiger partial charge in [-0.05, 0) is 18.1 Å². The summed E-state index contributed by atoms with van der Waals surface area (Å²) >= 11 is 0. The first kappa shape index (κ1) is 14.7. The van der Waals surface area contributed by atoms with Gasteiger partial charge >= 0.3 is 0 Å². The van der Waals surface area contributed by atoms with E-state index in [4.69, 9.17) is 9.16 Å². The maximum absolute atomic E-state index is 6.13. The molecule has 0 N–H and O–H groups in total. The zero-order chi connectivity index (χ0) is 12.1. The second-order valence-corrected chi connectivity index (χ2v) is 10.2. The molecule has 0 spiro atoms. The lowest BCUT2D eigenvalue weighted by Crippen LogP contribution is -2.44. The Morgan fingerprint density at radius 2 is 1.87 bits per heavy atom. The molecule has 0 aliphatic rings. The minimum atomic E-state index is -1.72. The van der Waals surface area contributed by atoms with Crippen LogP contribution in [0.25, 0.3) is 0 Å². The molecule has 0 heterocycles. The first-order valence-corrected chi connectivity index (χ1v) is 8.59. The summed E-state index contributed by atoms with van der Waals surface area (Å²) in [5.74, 6) is 0. The molecule has 0 bridgehead atoms. The highest BCUT2D eigenvalue weighted by Gasteiger charge is 2.39. The van der Waals surface area contributed by atoms with Crippen LogP contribution in [0.3, 0.4) is 0 Å². The smallest absolute Gasteiger partial charge is 0.196 e. The normalized spacial score (nSPS) is 14.8. The van der Waals surface area contributed by atoms with E-state index in [1.165, 1.54) is 6.26 Å². The van der Waals surface area contributed by atoms with Crippen molar-refractivity contribution in [3.05, 3.63) is 12.8 Å². The van der Waals surface area contributed by atoms with Crippen LogP contribution in [-0.2, 0) is 9.16 Å². The number of hydrogen-bond donors (Lipinski definition) is 0. The second kappa shape index (κ2) is 5.71. The zero-order valence-electron chi connectivity index (χ0n) is 11.1. The molecule has 0 aliphatic carbocycles.